The molecule has 0 radical (unpaired) electrons. The fourth-order valence-electron chi connectivity index (χ4n) is 6.45. The van der Waals surface area contributed by atoms with E-state index >= 15 is 0 Å². The molecule has 1 aromatic carbocycles. The third-order valence-corrected chi connectivity index (χ3v) is 8.81. The Labute approximate surface area is 185 Å². The first-order chi connectivity index (χ1) is 14.3. The van der Waals surface area contributed by atoms with Gasteiger partial charge in [0.1, 0.15) is 0 Å². The molecule has 2 aliphatic carbocycles. The van der Waals surface area contributed by atoms with Gasteiger partial charge in [0.2, 0.25) is 0 Å². The second kappa shape index (κ2) is 10.3. The third-order valence-electron chi connectivity index (χ3n) is 8.81. The number of hydrogen-bond acceptors (Lipinski definition) is 0. The average molecular weight is 411 g/mol. The third kappa shape index (κ3) is 5.09. The molecule has 0 spiro atoms. The van der Waals surface area contributed by atoms with Crippen LogP contribution in [0.4, 0.5) is 4.39 Å². The second-order valence-electron chi connectivity index (χ2n) is 10.4. The average Bonchev–Trinajstić information content (AvgIpc) is 2.76. The number of hydrogen-bond donors (Lipinski definition) is 0. The fraction of sp³-hybridized carbons (Fsp3) is 0.655. The van der Waals surface area contributed by atoms with Gasteiger partial charge in [0, 0.05) is 0 Å². The molecule has 0 amide bonds. The molecule has 0 atom stereocenters. The smallest absolute Gasteiger partial charge is 0.0827 e. The maximum Gasteiger partial charge on any atom is 0.0827 e. The normalized spacial score (nSPS) is 28.3. The molecule has 30 heavy (non-hydrogen) atoms. The summed E-state index contributed by atoms with van der Waals surface area (Å²) in [5.41, 5.74) is 10.3. The summed E-state index contributed by atoms with van der Waals surface area (Å²) in [4.78, 5) is 0. The highest BCUT2D eigenvalue weighted by molar-refractivity contribution is 5.72. The van der Waals surface area contributed by atoms with Gasteiger partial charge in [-0.3, -0.25) is 0 Å². The Bertz CT molecular complexity index is 752. The topological polar surface area (TPSA) is 0 Å². The summed E-state index contributed by atoms with van der Waals surface area (Å²) < 4.78 is 12.3. The van der Waals surface area contributed by atoms with Crippen molar-refractivity contribution in [1.29, 1.82) is 0 Å². The first-order valence-electron chi connectivity index (χ1n) is 12.3. The quantitative estimate of drug-likeness (QED) is 0.454. The van der Waals surface area contributed by atoms with E-state index < -0.39 is 0 Å². The van der Waals surface area contributed by atoms with Crippen molar-refractivity contribution < 1.29 is 4.39 Å². The summed E-state index contributed by atoms with van der Waals surface area (Å²) in [5.74, 6) is 3.32. The molecule has 2 aliphatic rings. The van der Waals surface area contributed by atoms with Crippen LogP contribution < -0.4 is 0 Å². The van der Waals surface area contributed by atoms with Crippen LogP contribution in [0.15, 0.2) is 18.5 Å². The molecular weight excluding hydrogens is 367 g/mol. The van der Waals surface area contributed by atoms with Crippen molar-refractivity contribution in [2.45, 2.75) is 99.3 Å². The predicted molar refractivity (Wildman–Crippen MR) is 130 cm³/mol. The summed E-state index contributed by atoms with van der Waals surface area (Å²) >= 11 is 0. The summed E-state index contributed by atoms with van der Waals surface area (Å²) in [5, 5.41) is 0. The molecule has 0 N–H and O–H groups in total. The number of benzene rings is 1. The number of rotatable bonds is 5. The molecule has 2 fully saturated rings. The number of allylic oxidation sites excluding steroid dienone is 3. The largest absolute Gasteiger partial charge is 0.216 e. The van der Waals surface area contributed by atoms with Gasteiger partial charge in [-0.25, -0.2) is 4.39 Å². The van der Waals surface area contributed by atoms with Crippen LogP contribution in [-0.2, 0) is 0 Å². The van der Waals surface area contributed by atoms with E-state index in [4.69, 9.17) is 0 Å². The molecule has 0 heterocycles. The van der Waals surface area contributed by atoms with Crippen LogP contribution in [0.2, 0.25) is 0 Å². The first kappa shape index (κ1) is 23.3. The zero-order chi connectivity index (χ0) is 21.8. The van der Waals surface area contributed by atoms with E-state index in [2.05, 4.69) is 47.6 Å². The number of halogens is 1. The van der Waals surface area contributed by atoms with Gasteiger partial charge < -0.3 is 0 Å². The van der Waals surface area contributed by atoms with E-state index in [9.17, 15) is 4.39 Å². The van der Waals surface area contributed by atoms with Gasteiger partial charge >= 0.3 is 0 Å². The van der Waals surface area contributed by atoms with E-state index in [-0.39, 0.29) is 0 Å². The van der Waals surface area contributed by atoms with Crippen molar-refractivity contribution in [3.8, 4) is 0 Å². The van der Waals surface area contributed by atoms with Gasteiger partial charge in [-0.2, -0.15) is 0 Å². The molecule has 1 aromatic rings. The Hall–Kier alpha value is -1.37. The van der Waals surface area contributed by atoms with Crippen LogP contribution in [-0.4, -0.2) is 0 Å². The van der Waals surface area contributed by atoms with Crippen molar-refractivity contribution in [3.63, 3.8) is 0 Å². The van der Waals surface area contributed by atoms with Crippen molar-refractivity contribution >= 4 is 5.57 Å². The lowest BCUT2D eigenvalue weighted by atomic mass is 9.68. The van der Waals surface area contributed by atoms with Gasteiger partial charge in [-0.05, 0) is 162 Å². The van der Waals surface area contributed by atoms with Gasteiger partial charge in [0.15, 0.2) is 0 Å². The van der Waals surface area contributed by atoms with Gasteiger partial charge in [0.25, 0.3) is 0 Å². The fourth-order valence-corrected chi connectivity index (χ4v) is 6.45. The summed E-state index contributed by atoms with van der Waals surface area (Å²) in [7, 11) is 0. The summed E-state index contributed by atoms with van der Waals surface area (Å²) in [6.45, 7) is 13.8. The predicted octanol–water partition coefficient (Wildman–Crippen LogP) is 9.12. The molecular formula is C29H43F. The lowest BCUT2D eigenvalue weighted by Gasteiger charge is -2.37. The van der Waals surface area contributed by atoms with E-state index in [1.165, 1.54) is 90.3 Å². The molecule has 0 unspecified atom stereocenters. The van der Waals surface area contributed by atoms with E-state index in [0.29, 0.717) is 0 Å². The SMILES string of the molecule is CC(=CC1CCC(C2CCC(C/C=C/F)CC2)CC1)c1c(C)c(C)c(C)c(C)c1C. The minimum atomic E-state index is 0.725. The second-order valence-corrected chi connectivity index (χ2v) is 10.4. The van der Waals surface area contributed by atoms with Crippen LogP contribution >= 0.6 is 0 Å². The van der Waals surface area contributed by atoms with Crippen molar-refractivity contribution in [2.24, 2.45) is 23.7 Å². The van der Waals surface area contributed by atoms with Gasteiger partial charge in [-0.15, -0.1) is 0 Å². The molecule has 0 aromatic heterocycles. The lowest BCUT2D eigenvalue weighted by molar-refractivity contribution is 0.156. The lowest BCUT2D eigenvalue weighted by Crippen LogP contribution is -2.25. The minimum absolute atomic E-state index is 0.725. The zero-order valence-electron chi connectivity index (χ0n) is 20.3. The highest BCUT2D eigenvalue weighted by atomic mass is 19.1. The molecule has 1 heteroatoms. The van der Waals surface area contributed by atoms with Crippen LogP contribution in [0.25, 0.3) is 5.57 Å². The highest BCUT2D eigenvalue weighted by Gasteiger charge is 2.30. The maximum absolute atomic E-state index is 12.3. The van der Waals surface area contributed by atoms with Crippen molar-refractivity contribution in [3.05, 3.63) is 51.9 Å². The van der Waals surface area contributed by atoms with Crippen molar-refractivity contribution in [1.82, 2.24) is 0 Å². The van der Waals surface area contributed by atoms with Crippen molar-refractivity contribution in [2.75, 3.05) is 0 Å². The molecule has 166 valence electrons. The molecule has 0 bridgehead atoms. The maximum atomic E-state index is 12.3. The highest BCUT2D eigenvalue weighted by Crippen LogP contribution is 2.43. The van der Waals surface area contributed by atoms with Gasteiger partial charge in [0.05, 0.1) is 6.33 Å². The molecule has 2 saturated carbocycles. The Morgan fingerprint density at radius 3 is 1.70 bits per heavy atom. The first-order valence-corrected chi connectivity index (χ1v) is 12.3. The van der Waals surface area contributed by atoms with Gasteiger partial charge in [-0.1, -0.05) is 12.2 Å². The van der Waals surface area contributed by atoms with E-state index in [1.807, 2.05) is 0 Å². The van der Waals surface area contributed by atoms with E-state index in [0.717, 1.165) is 36.4 Å². The molecule has 0 nitrogen and oxygen atoms in total. The Morgan fingerprint density at radius 1 is 0.733 bits per heavy atom. The molecule has 0 saturated heterocycles. The molecule has 0 aliphatic heterocycles. The Kier molecular flexibility index (Phi) is 7.99. The van der Waals surface area contributed by atoms with Crippen LogP contribution in [0.1, 0.15) is 98.1 Å². The minimum Gasteiger partial charge on any atom is -0.216 e. The standard InChI is InChI=1S/C29H43F/c1-19(29-23(5)21(3)20(2)22(4)24(29)6)18-26-11-15-28(16-12-26)27-13-9-25(10-14-27)8-7-17-30/h7,17-18,25-28H,8-16H2,1-6H3/b17-7+,19-18?. The van der Waals surface area contributed by atoms with Crippen LogP contribution in [0, 0.1) is 58.3 Å². The Morgan fingerprint density at radius 2 is 1.20 bits per heavy atom. The summed E-state index contributed by atoms with van der Waals surface area (Å²) in [6.07, 6.45) is 16.8. The van der Waals surface area contributed by atoms with Crippen LogP contribution in [0.5, 0.6) is 0 Å². The summed E-state index contributed by atoms with van der Waals surface area (Å²) in [6, 6.07) is 0. The van der Waals surface area contributed by atoms with E-state index in [1.54, 1.807) is 6.08 Å². The monoisotopic (exact) mass is 410 g/mol. The molecule has 3 rings (SSSR count). The van der Waals surface area contributed by atoms with Crippen LogP contribution in [0.3, 0.4) is 0 Å². The zero-order valence-corrected chi connectivity index (χ0v) is 20.3. The Balaban J connectivity index is 1.59.